The Morgan fingerprint density at radius 1 is 1.43 bits per heavy atom. The molecule has 2 heterocycles. The molecule has 0 amide bonds. The first-order valence-electron chi connectivity index (χ1n) is 2.45. The van der Waals surface area contributed by atoms with E-state index in [4.69, 9.17) is 0 Å². The summed E-state index contributed by atoms with van der Waals surface area (Å²) in [4.78, 5) is 0. The molecule has 0 spiro atoms. The minimum atomic E-state index is -0.340. The zero-order chi connectivity index (χ0) is 4.69. The van der Waals surface area contributed by atoms with E-state index in [1.54, 1.807) is 4.43 Å². The predicted octanol–water partition coefficient (Wildman–Crippen LogP) is 1.96. The van der Waals surface area contributed by atoms with Crippen molar-refractivity contribution in [2.75, 3.05) is 4.43 Å². The van der Waals surface area contributed by atoms with Crippen LogP contribution in [0.4, 0.5) is 0 Å². The van der Waals surface area contributed by atoms with Crippen LogP contribution in [0.1, 0.15) is 0 Å². The quantitative estimate of drug-likeness (QED) is 0.419. The fourth-order valence-corrected chi connectivity index (χ4v) is 5.48. The van der Waals surface area contributed by atoms with Gasteiger partial charge in [0.15, 0.2) is 0 Å². The molecule has 0 nitrogen and oxygen atoms in total. The van der Waals surface area contributed by atoms with Crippen LogP contribution in [0.15, 0.2) is 22.3 Å². The van der Waals surface area contributed by atoms with Gasteiger partial charge in [-0.15, -0.1) is 0 Å². The van der Waals surface area contributed by atoms with E-state index in [0.29, 0.717) is 0 Å². The molecule has 1 unspecified atom stereocenters. The number of alkyl halides is 2. The van der Waals surface area contributed by atoms with Crippen molar-refractivity contribution in [2.24, 2.45) is 0 Å². The summed E-state index contributed by atoms with van der Waals surface area (Å²) >= 11 is -0.340. The molecule has 2 aliphatic rings. The van der Waals surface area contributed by atoms with Crippen molar-refractivity contribution in [3.8, 4) is 0 Å². The second-order valence-corrected chi connectivity index (χ2v) is 7.49. The average molecular weight is 206 g/mol. The van der Waals surface area contributed by atoms with Gasteiger partial charge in [0.2, 0.25) is 0 Å². The summed E-state index contributed by atoms with van der Waals surface area (Å²) in [5, 5.41) is 0. The monoisotopic (exact) mass is 206 g/mol. The Morgan fingerprint density at radius 3 is 3.00 bits per heavy atom. The Morgan fingerprint density at radius 2 is 2.43 bits per heavy atom. The van der Waals surface area contributed by atoms with Gasteiger partial charge in [-0.3, -0.25) is 0 Å². The molecule has 1 saturated heterocycles. The topological polar surface area (TPSA) is 0 Å². The Labute approximate surface area is 50.7 Å². The maximum absolute atomic E-state index is 2.45. The van der Waals surface area contributed by atoms with E-state index in [2.05, 4.69) is 22.3 Å². The van der Waals surface area contributed by atoms with Crippen molar-refractivity contribution in [3.63, 3.8) is 0 Å². The number of halogens is 1. The van der Waals surface area contributed by atoms with Gasteiger partial charge in [-0.05, 0) is 0 Å². The van der Waals surface area contributed by atoms with Gasteiger partial charge in [0.25, 0.3) is 0 Å². The van der Waals surface area contributed by atoms with E-state index >= 15 is 0 Å². The predicted molar refractivity (Wildman–Crippen MR) is 41.0 cm³/mol. The second kappa shape index (κ2) is 1.34. The van der Waals surface area contributed by atoms with Crippen molar-refractivity contribution in [1.29, 1.82) is 0 Å². The van der Waals surface area contributed by atoms with Crippen LogP contribution in [0.2, 0.25) is 0 Å². The van der Waals surface area contributed by atoms with E-state index < -0.39 is 0 Å². The van der Waals surface area contributed by atoms with Crippen LogP contribution in [0.25, 0.3) is 0 Å². The van der Waals surface area contributed by atoms with E-state index in [1.807, 2.05) is 0 Å². The molecule has 1 fully saturated rings. The van der Waals surface area contributed by atoms with Crippen molar-refractivity contribution in [1.82, 2.24) is 0 Å². The Bertz CT molecular complexity index is 119. The molecular formula is C6H7I. The molecule has 0 radical (unpaired) electrons. The first kappa shape index (κ1) is 4.13. The third-order valence-electron chi connectivity index (χ3n) is 1.25. The molecule has 0 aliphatic carbocycles. The Balaban J connectivity index is 2.28. The fraction of sp³-hybridized carbons (Fsp3) is 0.333. The molecule has 0 bridgehead atoms. The van der Waals surface area contributed by atoms with E-state index in [1.165, 1.54) is 0 Å². The molecular weight excluding hydrogens is 199 g/mol. The minimum absolute atomic E-state index is 0.340. The van der Waals surface area contributed by atoms with Crippen LogP contribution < -0.4 is 0 Å². The van der Waals surface area contributed by atoms with E-state index in [9.17, 15) is 0 Å². The Kier molecular flexibility index (Phi) is 0.790. The number of fused-ring (bicyclic) bond motifs is 1. The molecule has 2 rings (SSSR count). The van der Waals surface area contributed by atoms with Crippen molar-refractivity contribution < 1.29 is 0 Å². The van der Waals surface area contributed by atoms with Crippen molar-refractivity contribution >= 4 is 19.8 Å². The van der Waals surface area contributed by atoms with E-state index in [-0.39, 0.29) is 19.8 Å². The van der Waals surface area contributed by atoms with Crippen LogP contribution in [-0.4, -0.2) is 8.35 Å². The van der Waals surface area contributed by atoms with Gasteiger partial charge < -0.3 is 0 Å². The molecule has 0 aromatic carbocycles. The van der Waals surface area contributed by atoms with Crippen LogP contribution in [0, 0.1) is 0 Å². The molecule has 0 aromatic rings. The maximum atomic E-state index is 2.45. The summed E-state index contributed by atoms with van der Waals surface area (Å²) in [6, 6.07) is 0. The van der Waals surface area contributed by atoms with Gasteiger partial charge in [-0.2, -0.15) is 0 Å². The standard InChI is InChI=1S/C6H7I/c1-2-4-7-5-6(7)3-1/h1-4,6H,5H2. The molecule has 1 heteroatoms. The summed E-state index contributed by atoms with van der Waals surface area (Å²) in [5.74, 6) is 0. The summed E-state index contributed by atoms with van der Waals surface area (Å²) < 4.78 is 5.11. The first-order chi connectivity index (χ1) is 3.47. The summed E-state index contributed by atoms with van der Waals surface area (Å²) in [5.41, 5.74) is 0. The van der Waals surface area contributed by atoms with Gasteiger partial charge in [0.1, 0.15) is 0 Å². The number of hydrogen-bond acceptors (Lipinski definition) is 0. The van der Waals surface area contributed by atoms with Crippen LogP contribution in [0.3, 0.4) is 0 Å². The fourth-order valence-electron chi connectivity index (χ4n) is 0.746. The average Bonchev–Trinajstić information content (AvgIpc) is 2.41. The normalized spacial score (nSPS) is 38.3. The van der Waals surface area contributed by atoms with Gasteiger partial charge >= 0.3 is 50.5 Å². The van der Waals surface area contributed by atoms with Crippen LogP contribution >= 0.6 is 19.8 Å². The molecule has 0 N–H and O–H groups in total. The first-order valence-corrected chi connectivity index (χ1v) is 6.46. The van der Waals surface area contributed by atoms with Crippen LogP contribution in [-0.2, 0) is 0 Å². The number of allylic oxidation sites excluding steroid dienone is 3. The summed E-state index contributed by atoms with van der Waals surface area (Å²) in [6.07, 6.45) is 6.77. The van der Waals surface area contributed by atoms with Gasteiger partial charge in [-0.25, -0.2) is 0 Å². The summed E-state index contributed by atoms with van der Waals surface area (Å²) in [7, 11) is 0. The molecule has 0 aromatic heterocycles. The number of rotatable bonds is 0. The molecule has 38 valence electrons. The SMILES string of the molecule is C1=CC2CI2C=C1. The second-order valence-electron chi connectivity index (χ2n) is 1.81. The van der Waals surface area contributed by atoms with Crippen molar-refractivity contribution in [2.45, 2.75) is 3.92 Å². The molecule has 7 heavy (non-hydrogen) atoms. The van der Waals surface area contributed by atoms with Gasteiger partial charge in [0.05, 0.1) is 0 Å². The van der Waals surface area contributed by atoms with Crippen molar-refractivity contribution in [3.05, 3.63) is 22.3 Å². The summed E-state index contributed by atoms with van der Waals surface area (Å²) in [6.45, 7) is 0. The molecule has 1 atom stereocenters. The number of hydrogen-bond donors (Lipinski definition) is 0. The Hall–Kier alpha value is 0.210. The van der Waals surface area contributed by atoms with Crippen LogP contribution in [0.5, 0.6) is 0 Å². The van der Waals surface area contributed by atoms with E-state index in [0.717, 1.165) is 3.92 Å². The molecule has 2 aliphatic heterocycles. The third kappa shape index (κ3) is 0.631. The zero-order valence-corrected chi connectivity index (χ0v) is 6.13. The third-order valence-corrected chi connectivity index (χ3v) is 6.33. The zero-order valence-electron chi connectivity index (χ0n) is 3.97. The van der Waals surface area contributed by atoms with Gasteiger partial charge in [-0.1, -0.05) is 0 Å². The van der Waals surface area contributed by atoms with Gasteiger partial charge in [0, 0.05) is 0 Å². The molecule has 0 saturated carbocycles.